The molecule has 0 atom stereocenters. The van der Waals surface area contributed by atoms with E-state index in [0.29, 0.717) is 11.1 Å². The molecular formula is C18H12F3N3O2. The summed E-state index contributed by atoms with van der Waals surface area (Å²) in [5.74, 6) is -0.720. The van der Waals surface area contributed by atoms with Crippen LogP contribution in [0.1, 0.15) is 10.4 Å². The molecule has 0 radical (unpaired) electrons. The third-order valence-electron chi connectivity index (χ3n) is 3.37. The Bertz CT molecular complexity index is 880. The molecule has 3 aromatic rings. The zero-order valence-corrected chi connectivity index (χ0v) is 13.2. The van der Waals surface area contributed by atoms with E-state index in [1.807, 2.05) is 0 Å². The molecule has 0 aliphatic carbocycles. The number of hydrogen-bond acceptors (Lipinski definition) is 3. The predicted molar refractivity (Wildman–Crippen MR) is 86.1 cm³/mol. The quantitative estimate of drug-likeness (QED) is 0.664. The zero-order chi connectivity index (χ0) is 18.6. The molecule has 0 aliphatic heterocycles. The molecule has 8 heteroatoms. The lowest BCUT2D eigenvalue weighted by atomic mass is 10.0. The van der Waals surface area contributed by atoms with Crippen LogP contribution in [0.5, 0.6) is 5.75 Å². The van der Waals surface area contributed by atoms with Gasteiger partial charge in [-0.3, -0.25) is 4.98 Å². The maximum Gasteiger partial charge on any atom is 0.573 e. The Balaban J connectivity index is 1.70. The van der Waals surface area contributed by atoms with E-state index in [0.717, 1.165) is 5.56 Å². The highest BCUT2D eigenvalue weighted by atomic mass is 19.4. The molecule has 132 valence electrons. The van der Waals surface area contributed by atoms with E-state index >= 15 is 0 Å². The number of hydrogen-bond donors (Lipinski definition) is 0. The van der Waals surface area contributed by atoms with Crippen molar-refractivity contribution in [2.24, 2.45) is 0 Å². The fraction of sp³-hybridized carbons (Fsp3) is 0.0556. The van der Waals surface area contributed by atoms with Crippen molar-refractivity contribution in [1.82, 2.24) is 4.98 Å². The van der Waals surface area contributed by atoms with Gasteiger partial charge in [-0.1, -0.05) is 36.4 Å². The van der Waals surface area contributed by atoms with E-state index in [2.05, 4.69) is 15.1 Å². The SMILES string of the molecule is O=C([N-][n+]1ccncc1)c1ccc(-c2ccc(OC(F)(F)F)cc2)cc1. The first-order valence-corrected chi connectivity index (χ1v) is 7.45. The number of nitrogens with zero attached hydrogens (tertiary/aromatic N) is 3. The Kier molecular flexibility index (Phi) is 4.83. The summed E-state index contributed by atoms with van der Waals surface area (Å²) in [7, 11) is 0. The van der Waals surface area contributed by atoms with Gasteiger partial charge in [0.15, 0.2) is 12.4 Å². The smallest absolute Gasteiger partial charge is 0.406 e. The van der Waals surface area contributed by atoms with Crippen LogP contribution >= 0.6 is 0 Å². The van der Waals surface area contributed by atoms with Crippen LogP contribution < -0.4 is 9.41 Å². The molecule has 0 fully saturated rings. The molecule has 0 saturated carbocycles. The second kappa shape index (κ2) is 7.22. The van der Waals surface area contributed by atoms with Gasteiger partial charge in [0.25, 0.3) is 0 Å². The normalized spacial score (nSPS) is 11.0. The molecule has 1 amide bonds. The number of amides is 1. The molecule has 1 aromatic heterocycles. The fourth-order valence-electron chi connectivity index (χ4n) is 2.20. The number of ether oxygens (including phenoxy) is 1. The number of alkyl halides is 3. The lowest BCUT2D eigenvalue weighted by Crippen LogP contribution is -2.31. The van der Waals surface area contributed by atoms with Crippen molar-refractivity contribution in [3.63, 3.8) is 0 Å². The molecule has 26 heavy (non-hydrogen) atoms. The van der Waals surface area contributed by atoms with Crippen LogP contribution in [-0.2, 0) is 0 Å². The van der Waals surface area contributed by atoms with Gasteiger partial charge < -0.3 is 15.0 Å². The standard InChI is InChI=1S/C18H12F3N3O2/c19-18(20,21)26-16-7-5-14(6-8-16)13-1-3-15(4-2-13)17(25)23-24-11-9-22-10-12-24/h1-12H. The van der Waals surface area contributed by atoms with Crippen molar-refractivity contribution < 1.29 is 27.4 Å². The lowest BCUT2D eigenvalue weighted by molar-refractivity contribution is -0.618. The van der Waals surface area contributed by atoms with Gasteiger partial charge in [0.05, 0.1) is 12.4 Å². The second-order valence-electron chi connectivity index (χ2n) is 5.18. The molecule has 3 rings (SSSR count). The second-order valence-corrected chi connectivity index (χ2v) is 5.18. The van der Waals surface area contributed by atoms with Crippen LogP contribution in [0.15, 0.2) is 73.3 Å². The number of carbonyl (C=O) groups is 1. The average molecular weight is 359 g/mol. The van der Waals surface area contributed by atoms with Gasteiger partial charge in [-0.05, 0) is 23.3 Å². The minimum absolute atomic E-state index is 0.291. The number of aromatic nitrogens is 2. The maximum atomic E-state index is 12.2. The third-order valence-corrected chi connectivity index (χ3v) is 3.37. The third kappa shape index (κ3) is 4.56. The van der Waals surface area contributed by atoms with Crippen LogP contribution in [0.3, 0.4) is 0 Å². The Labute approximate surface area is 146 Å². The van der Waals surface area contributed by atoms with Crippen LogP contribution in [-0.4, -0.2) is 17.3 Å². The summed E-state index contributed by atoms with van der Waals surface area (Å²) in [6.45, 7) is 0. The lowest BCUT2D eigenvalue weighted by Gasteiger charge is -2.12. The number of rotatable bonds is 4. The number of benzene rings is 2. The topological polar surface area (TPSA) is 57.2 Å². The van der Waals surface area contributed by atoms with Gasteiger partial charge in [-0.2, -0.15) is 0 Å². The van der Waals surface area contributed by atoms with E-state index in [9.17, 15) is 18.0 Å². The van der Waals surface area contributed by atoms with Crippen LogP contribution in [0.25, 0.3) is 16.6 Å². The van der Waals surface area contributed by atoms with Crippen LogP contribution in [0.4, 0.5) is 13.2 Å². The summed E-state index contributed by atoms with van der Waals surface area (Å²) < 4.78 is 41.7. The van der Waals surface area contributed by atoms with Crippen molar-refractivity contribution in [1.29, 1.82) is 0 Å². The molecule has 0 aliphatic rings. The largest absolute Gasteiger partial charge is 0.573 e. The van der Waals surface area contributed by atoms with Gasteiger partial charge in [0.2, 0.25) is 0 Å². The van der Waals surface area contributed by atoms with E-state index in [-0.39, 0.29) is 5.75 Å². The molecule has 0 saturated heterocycles. The zero-order valence-electron chi connectivity index (χ0n) is 13.2. The minimum Gasteiger partial charge on any atom is -0.406 e. The summed E-state index contributed by atoms with van der Waals surface area (Å²) in [5, 5.41) is 0. The van der Waals surface area contributed by atoms with Gasteiger partial charge in [-0.15, -0.1) is 13.2 Å². The average Bonchev–Trinajstić information content (AvgIpc) is 2.62. The van der Waals surface area contributed by atoms with Crippen molar-refractivity contribution in [3.8, 4) is 16.9 Å². The first-order chi connectivity index (χ1) is 12.4. The van der Waals surface area contributed by atoms with E-state index in [4.69, 9.17) is 0 Å². The van der Waals surface area contributed by atoms with Crippen molar-refractivity contribution in [2.45, 2.75) is 6.36 Å². The van der Waals surface area contributed by atoms with Gasteiger partial charge in [0, 0.05) is 5.56 Å². The molecule has 1 heterocycles. The fourth-order valence-corrected chi connectivity index (χ4v) is 2.20. The minimum atomic E-state index is -4.72. The highest BCUT2D eigenvalue weighted by Gasteiger charge is 2.30. The molecule has 0 unspecified atom stereocenters. The first kappa shape index (κ1) is 17.4. The van der Waals surface area contributed by atoms with Crippen LogP contribution in [0, 0.1) is 0 Å². The summed E-state index contributed by atoms with van der Waals surface area (Å²) in [5.41, 5.74) is 5.72. The Hall–Kier alpha value is -3.42. The Morgan fingerprint density at radius 3 is 2.00 bits per heavy atom. The summed E-state index contributed by atoms with van der Waals surface area (Å²) in [6.07, 6.45) is 1.37. The Morgan fingerprint density at radius 1 is 0.923 bits per heavy atom. The van der Waals surface area contributed by atoms with Crippen molar-refractivity contribution >= 4 is 5.91 Å². The van der Waals surface area contributed by atoms with Gasteiger partial charge in [0.1, 0.15) is 11.7 Å². The molecule has 5 nitrogen and oxygen atoms in total. The Morgan fingerprint density at radius 2 is 1.46 bits per heavy atom. The van der Waals surface area contributed by atoms with Crippen molar-refractivity contribution in [3.05, 3.63) is 84.3 Å². The van der Waals surface area contributed by atoms with Gasteiger partial charge >= 0.3 is 6.36 Å². The number of carbonyl (C=O) groups excluding carboxylic acids is 1. The highest BCUT2D eigenvalue weighted by molar-refractivity contribution is 6.02. The predicted octanol–water partition coefficient (Wildman–Crippen LogP) is 3.91. The summed E-state index contributed by atoms with van der Waals surface area (Å²) in [6, 6.07) is 12.1. The van der Waals surface area contributed by atoms with Gasteiger partial charge in [-0.25, -0.2) is 4.68 Å². The van der Waals surface area contributed by atoms with Crippen molar-refractivity contribution in [2.75, 3.05) is 0 Å². The maximum absolute atomic E-state index is 12.2. The first-order valence-electron chi connectivity index (χ1n) is 7.45. The molecular weight excluding hydrogens is 347 g/mol. The van der Waals surface area contributed by atoms with E-state index in [1.165, 1.54) is 53.7 Å². The monoisotopic (exact) mass is 359 g/mol. The van der Waals surface area contributed by atoms with E-state index in [1.54, 1.807) is 24.3 Å². The highest BCUT2D eigenvalue weighted by Crippen LogP contribution is 2.26. The summed E-state index contributed by atoms with van der Waals surface area (Å²) >= 11 is 0. The number of halogens is 3. The molecule has 0 bridgehead atoms. The summed E-state index contributed by atoms with van der Waals surface area (Å²) in [4.78, 5) is 15.9. The van der Waals surface area contributed by atoms with Crippen LogP contribution in [0.2, 0.25) is 0 Å². The van der Waals surface area contributed by atoms with E-state index < -0.39 is 12.3 Å². The molecule has 0 spiro atoms. The molecule has 0 N–H and O–H groups in total. The molecule has 2 aromatic carbocycles.